The minimum atomic E-state index is -0.256. The number of hydrogen-bond acceptors (Lipinski definition) is 6. The highest BCUT2D eigenvalue weighted by molar-refractivity contribution is 8.03. The molecular weight excluding hydrogens is 392 g/mol. The summed E-state index contributed by atoms with van der Waals surface area (Å²) in [5.41, 5.74) is 1.68. The topological polar surface area (TPSA) is 75.2 Å². The number of aromatic nitrogens is 2. The lowest BCUT2D eigenvalue weighted by Gasteiger charge is -2.28. The van der Waals surface area contributed by atoms with Crippen LogP contribution in [-0.2, 0) is 9.59 Å². The van der Waals surface area contributed by atoms with Gasteiger partial charge in [-0.05, 0) is 23.8 Å². The Kier molecular flexibility index (Phi) is 6.07. The van der Waals surface area contributed by atoms with Crippen LogP contribution >= 0.6 is 23.1 Å². The normalized spacial score (nSPS) is 18.1. The summed E-state index contributed by atoms with van der Waals surface area (Å²) >= 11 is 2.91. The zero-order chi connectivity index (χ0) is 19.3. The third-order valence-electron chi connectivity index (χ3n) is 5.01. The Hall–Kier alpha value is -2.19. The lowest BCUT2D eigenvalue weighted by molar-refractivity contribution is -0.129. The molecule has 2 aliphatic rings. The van der Waals surface area contributed by atoms with E-state index in [1.165, 1.54) is 42.4 Å². The summed E-state index contributed by atoms with van der Waals surface area (Å²) < 4.78 is 0. The van der Waals surface area contributed by atoms with E-state index in [4.69, 9.17) is 0 Å². The van der Waals surface area contributed by atoms with E-state index >= 15 is 0 Å². The van der Waals surface area contributed by atoms with E-state index in [2.05, 4.69) is 15.5 Å². The number of nitrogens with one attached hydrogen (secondary N) is 1. The molecule has 1 saturated carbocycles. The number of anilines is 1. The summed E-state index contributed by atoms with van der Waals surface area (Å²) in [6, 6.07) is 9.66. The zero-order valence-corrected chi connectivity index (χ0v) is 17.1. The predicted octanol–water partition coefficient (Wildman–Crippen LogP) is 4.10. The number of carbonyl (C=O) groups is 2. The van der Waals surface area contributed by atoms with Crippen LogP contribution in [0.5, 0.6) is 0 Å². The van der Waals surface area contributed by atoms with Crippen molar-refractivity contribution in [3.8, 4) is 0 Å². The number of hydrogen-bond donors (Lipinski definition) is 1. The van der Waals surface area contributed by atoms with Crippen molar-refractivity contribution >= 4 is 45.7 Å². The Balaban J connectivity index is 1.42. The smallest absolute Gasteiger partial charge is 0.246 e. The molecule has 0 spiro atoms. The molecule has 1 fully saturated rings. The van der Waals surface area contributed by atoms with Crippen LogP contribution in [0.2, 0.25) is 0 Å². The highest BCUT2D eigenvalue weighted by Gasteiger charge is 2.26. The fourth-order valence-electron chi connectivity index (χ4n) is 3.58. The van der Waals surface area contributed by atoms with Gasteiger partial charge in [-0.3, -0.25) is 14.9 Å². The molecule has 8 heteroatoms. The largest absolute Gasteiger partial charge is 0.301 e. The SMILES string of the molecule is O=C(CN1C(=O)CSC=C1c1ccccc1)Nc1nnc(C2CCCCC2)s1. The summed E-state index contributed by atoms with van der Waals surface area (Å²) in [7, 11) is 0. The highest BCUT2D eigenvalue weighted by Crippen LogP contribution is 2.35. The van der Waals surface area contributed by atoms with Crippen LogP contribution in [0.15, 0.2) is 35.7 Å². The molecule has 2 aromatic rings. The number of nitrogens with zero attached hydrogens (tertiary/aromatic N) is 3. The van der Waals surface area contributed by atoms with Gasteiger partial charge in [-0.25, -0.2) is 0 Å². The Morgan fingerprint density at radius 3 is 2.71 bits per heavy atom. The maximum atomic E-state index is 12.6. The number of thioether (sulfide) groups is 1. The van der Waals surface area contributed by atoms with Crippen molar-refractivity contribution < 1.29 is 9.59 Å². The molecular formula is C20H22N4O2S2. The van der Waals surface area contributed by atoms with Crippen molar-refractivity contribution in [2.24, 2.45) is 0 Å². The van der Waals surface area contributed by atoms with E-state index in [0.29, 0.717) is 16.8 Å². The van der Waals surface area contributed by atoms with Crippen molar-refractivity contribution in [2.75, 3.05) is 17.6 Å². The van der Waals surface area contributed by atoms with Crippen molar-refractivity contribution in [3.05, 3.63) is 46.3 Å². The van der Waals surface area contributed by atoms with Gasteiger partial charge in [-0.2, -0.15) is 0 Å². The molecule has 0 unspecified atom stereocenters. The van der Waals surface area contributed by atoms with Gasteiger partial charge in [-0.1, -0.05) is 60.9 Å². The molecule has 1 aromatic heterocycles. The third kappa shape index (κ3) is 4.44. The minimum Gasteiger partial charge on any atom is -0.301 e. The quantitative estimate of drug-likeness (QED) is 0.797. The van der Waals surface area contributed by atoms with Gasteiger partial charge in [0.1, 0.15) is 11.6 Å². The third-order valence-corrected chi connectivity index (χ3v) is 6.81. The van der Waals surface area contributed by atoms with E-state index in [-0.39, 0.29) is 18.4 Å². The lowest BCUT2D eigenvalue weighted by atomic mass is 9.90. The molecule has 0 radical (unpaired) electrons. The molecule has 0 atom stereocenters. The first-order valence-corrected chi connectivity index (χ1v) is 11.4. The second-order valence-electron chi connectivity index (χ2n) is 6.99. The zero-order valence-electron chi connectivity index (χ0n) is 15.5. The number of carbonyl (C=O) groups excluding carboxylic acids is 2. The molecule has 146 valence electrons. The second kappa shape index (κ2) is 8.87. The Bertz CT molecular complexity index is 875. The van der Waals surface area contributed by atoms with E-state index in [9.17, 15) is 9.59 Å². The highest BCUT2D eigenvalue weighted by atomic mass is 32.2. The first kappa shape index (κ1) is 19.1. The van der Waals surface area contributed by atoms with Crippen molar-refractivity contribution in [2.45, 2.75) is 38.0 Å². The fourth-order valence-corrected chi connectivity index (χ4v) is 5.31. The minimum absolute atomic E-state index is 0.0293. The van der Waals surface area contributed by atoms with Crippen molar-refractivity contribution in [1.29, 1.82) is 0 Å². The van der Waals surface area contributed by atoms with Crippen LogP contribution in [0, 0.1) is 0 Å². The van der Waals surface area contributed by atoms with E-state index < -0.39 is 0 Å². The van der Waals surface area contributed by atoms with Crippen LogP contribution in [0.1, 0.15) is 48.6 Å². The van der Waals surface area contributed by atoms with Crippen LogP contribution in [0.3, 0.4) is 0 Å². The first-order valence-electron chi connectivity index (χ1n) is 9.51. The van der Waals surface area contributed by atoms with Crippen molar-refractivity contribution in [3.63, 3.8) is 0 Å². The summed E-state index contributed by atoms with van der Waals surface area (Å²) in [5, 5.41) is 14.7. The molecule has 2 amide bonds. The van der Waals surface area contributed by atoms with Crippen molar-refractivity contribution in [1.82, 2.24) is 15.1 Å². The average Bonchev–Trinajstić information content (AvgIpc) is 3.19. The summed E-state index contributed by atoms with van der Waals surface area (Å²) in [5.74, 6) is 0.481. The van der Waals surface area contributed by atoms with Gasteiger partial charge in [0.25, 0.3) is 0 Å². The molecule has 1 aromatic carbocycles. The van der Waals surface area contributed by atoms with Gasteiger partial charge in [0.05, 0.1) is 11.4 Å². The van der Waals surface area contributed by atoms with Gasteiger partial charge in [0, 0.05) is 5.92 Å². The van der Waals surface area contributed by atoms with E-state index in [1.54, 1.807) is 4.90 Å². The predicted molar refractivity (Wildman–Crippen MR) is 113 cm³/mol. The molecule has 1 aliphatic carbocycles. The molecule has 6 nitrogen and oxygen atoms in total. The molecule has 1 N–H and O–H groups in total. The first-order chi connectivity index (χ1) is 13.7. The second-order valence-corrected chi connectivity index (χ2v) is 8.86. The lowest BCUT2D eigenvalue weighted by Crippen LogP contribution is -2.39. The summed E-state index contributed by atoms with van der Waals surface area (Å²) in [6.45, 7) is -0.0293. The van der Waals surface area contributed by atoms with E-state index in [1.807, 2.05) is 35.7 Å². The van der Waals surface area contributed by atoms with Gasteiger partial charge in [0.15, 0.2) is 0 Å². The monoisotopic (exact) mass is 414 g/mol. The molecule has 2 heterocycles. The summed E-state index contributed by atoms with van der Waals surface area (Å²) in [6.07, 6.45) is 6.05. The number of amides is 2. The molecule has 0 saturated heterocycles. The van der Waals surface area contributed by atoms with Gasteiger partial charge in [-0.15, -0.1) is 22.0 Å². The fraction of sp³-hybridized carbons (Fsp3) is 0.400. The molecule has 28 heavy (non-hydrogen) atoms. The van der Waals surface area contributed by atoms with Crippen LogP contribution in [0.4, 0.5) is 5.13 Å². The average molecular weight is 415 g/mol. The van der Waals surface area contributed by atoms with Gasteiger partial charge < -0.3 is 4.90 Å². The number of rotatable bonds is 5. The van der Waals surface area contributed by atoms with Crippen LogP contribution in [-0.4, -0.2) is 39.2 Å². The Labute approximate surface area is 172 Å². The Morgan fingerprint density at radius 2 is 1.93 bits per heavy atom. The molecule has 4 rings (SSSR count). The number of benzene rings is 1. The Morgan fingerprint density at radius 1 is 1.14 bits per heavy atom. The summed E-state index contributed by atoms with van der Waals surface area (Å²) in [4.78, 5) is 26.6. The maximum absolute atomic E-state index is 12.6. The van der Waals surface area contributed by atoms with Gasteiger partial charge >= 0.3 is 0 Å². The standard InChI is InChI=1S/C20H22N4O2S2/c25-17(21-20-23-22-19(28-20)15-9-5-2-6-10-15)11-24-16(12-27-13-18(24)26)14-7-3-1-4-8-14/h1,3-4,7-8,12,15H,2,5-6,9-11,13H2,(H,21,23,25). The van der Waals surface area contributed by atoms with Crippen LogP contribution < -0.4 is 5.32 Å². The van der Waals surface area contributed by atoms with E-state index in [0.717, 1.165) is 29.1 Å². The maximum Gasteiger partial charge on any atom is 0.246 e. The molecule has 0 bridgehead atoms. The van der Waals surface area contributed by atoms with Gasteiger partial charge in [0.2, 0.25) is 16.9 Å². The van der Waals surface area contributed by atoms with Crippen LogP contribution in [0.25, 0.3) is 5.70 Å². The molecule has 1 aliphatic heterocycles.